The number of piperidine rings is 1. The fourth-order valence-corrected chi connectivity index (χ4v) is 4.94. The van der Waals surface area contributed by atoms with Gasteiger partial charge in [-0.05, 0) is 32.6 Å². The minimum Gasteiger partial charge on any atom is -0.296 e. The summed E-state index contributed by atoms with van der Waals surface area (Å²) in [5, 5.41) is 13.3. The summed E-state index contributed by atoms with van der Waals surface area (Å²) in [6, 6.07) is 3.10. The van der Waals surface area contributed by atoms with Gasteiger partial charge in [-0.2, -0.15) is 10.4 Å². The number of aryl methyl sites for hydroxylation is 2. The van der Waals surface area contributed by atoms with Gasteiger partial charge >= 0.3 is 0 Å². The van der Waals surface area contributed by atoms with Crippen LogP contribution in [0.25, 0.3) is 0 Å². The molecule has 1 N–H and O–H groups in total. The van der Waals surface area contributed by atoms with E-state index in [1.807, 2.05) is 13.0 Å². The van der Waals surface area contributed by atoms with Crippen molar-refractivity contribution in [1.29, 1.82) is 5.26 Å². The number of sulfonamides is 1. The lowest BCUT2D eigenvalue weighted by Gasteiger charge is -2.32. The monoisotopic (exact) mass is 351 g/mol. The molecule has 0 bridgehead atoms. The number of nitrogens with zero attached hydrogens (tertiary/aromatic N) is 4. The number of hydrogen-bond acceptors (Lipinski definition) is 5. The van der Waals surface area contributed by atoms with Crippen LogP contribution in [0, 0.1) is 23.7 Å². The minimum absolute atomic E-state index is 0.231. The lowest BCUT2D eigenvalue weighted by atomic mass is 10.1. The smallest absolute Gasteiger partial charge is 0.246 e. The Morgan fingerprint density at radius 1 is 1.50 bits per heavy atom. The topological polar surface area (TPSA) is 108 Å². The van der Waals surface area contributed by atoms with Crippen LogP contribution in [0.4, 0.5) is 5.82 Å². The standard InChI is InChI=1S/C15H21N5O3S/c1-11-8-13(19(2)17-11)20-7-3-4-12(14(20)21)18-24(22,23)10-15(9-16)5-6-15/h8,12,18H,3-7,10H2,1-2H3/t12-/m0/s1. The number of carbonyl (C=O) groups is 1. The Labute approximate surface area is 141 Å². The van der Waals surface area contributed by atoms with Gasteiger partial charge in [0.2, 0.25) is 15.9 Å². The Kier molecular flexibility index (Phi) is 4.13. The summed E-state index contributed by atoms with van der Waals surface area (Å²) in [7, 11) is -1.92. The molecule has 130 valence electrons. The zero-order valence-corrected chi connectivity index (χ0v) is 14.6. The van der Waals surface area contributed by atoms with E-state index in [1.165, 1.54) is 0 Å². The Balaban J connectivity index is 1.74. The molecule has 1 atom stereocenters. The number of amides is 1. The Morgan fingerprint density at radius 3 is 2.75 bits per heavy atom. The van der Waals surface area contributed by atoms with Crippen LogP contribution in [0.3, 0.4) is 0 Å². The average Bonchev–Trinajstić information content (AvgIpc) is 3.18. The summed E-state index contributed by atoms with van der Waals surface area (Å²) in [4.78, 5) is 14.3. The van der Waals surface area contributed by atoms with Crippen molar-refractivity contribution in [3.8, 4) is 6.07 Å². The molecular formula is C15H21N5O3S. The maximum atomic E-state index is 12.7. The van der Waals surface area contributed by atoms with E-state index in [0.717, 1.165) is 5.69 Å². The second-order valence-electron chi connectivity index (χ2n) is 6.72. The average molecular weight is 351 g/mol. The first-order valence-electron chi connectivity index (χ1n) is 7.99. The highest BCUT2D eigenvalue weighted by Crippen LogP contribution is 2.45. The summed E-state index contributed by atoms with van der Waals surface area (Å²) >= 11 is 0. The molecule has 9 heteroatoms. The molecule has 8 nitrogen and oxygen atoms in total. The third-order valence-electron chi connectivity index (χ3n) is 4.57. The molecule has 24 heavy (non-hydrogen) atoms. The highest BCUT2D eigenvalue weighted by molar-refractivity contribution is 7.89. The molecule has 2 fully saturated rings. The number of rotatable bonds is 5. The molecule has 2 heterocycles. The van der Waals surface area contributed by atoms with Crippen LogP contribution in [0.2, 0.25) is 0 Å². The zero-order valence-electron chi connectivity index (χ0n) is 13.8. The van der Waals surface area contributed by atoms with Crippen molar-refractivity contribution in [3.05, 3.63) is 11.8 Å². The van der Waals surface area contributed by atoms with Crippen molar-refractivity contribution >= 4 is 21.7 Å². The summed E-state index contributed by atoms with van der Waals surface area (Å²) in [6.45, 7) is 2.38. The van der Waals surface area contributed by atoms with E-state index in [4.69, 9.17) is 5.26 Å². The Morgan fingerprint density at radius 2 is 2.21 bits per heavy atom. The molecule has 0 radical (unpaired) electrons. The maximum absolute atomic E-state index is 12.7. The van der Waals surface area contributed by atoms with Gasteiger partial charge in [0.25, 0.3) is 0 Å². The first-order valence-corrected chi connectivity index (χ1v) is 9.64. The molecule has 0 unspecified atom stereocenters. The van der Waals surface area contributed by atoms with E-state index < -0.39 is 21.5 Å². The van der Waals surface area contributed by atoms with E-state index in [-0.39, 0.29) is 11.7 Å². The van der Waals surface area contributed by atoms with Gasteiger partial charge in [-0.25, -0.2) is 13.1 Å². The molecule has 1 aliphatic heterocycles. The highest BCUT2D eigenvalue weighted by Gasteiger charge is 2.47. The van der Waals surface area contributed by atoms with Gasteiger partial charge in [-0.15, -0.1) is 0 Å². The lowest BCUT2D eigenvalue weighted by molar-refractivity contribution is -0.121. The molecule has 1 aliphatic carbocycles. The number of nitriles is 1. The quantitative estimate of drug-likeness (QED) is 0.828. The molecule has 0 aromatic carbocycles. The fourth-order valence-electron chi connectivity index (χ4n) is 3.12. The number of aromatic nitrogens is 2. The SMILES string of the molecule is Cc1cc(N2CCC[C@H](NS(=O)(=O)CC3(C#N)CC3)C2=O)n(C)n1. The maximum Gasteiger partial charge on any atom is 0.246 e. The van der Waals surface area contributed by atoms with E-state index in [1.54, 1.807) is 16.6 Å². The zero-order chi connectivity index (χ0) is 17.5. The van der Waals surface area contributed by atoms with Gasteiger partial charge in [0, 0.05) is 19.7 Å². The number of hydrogen-bond donors (Lipinski definition) is 1. The summed E-state index contributed by atoms with van der Waals surface area (Å²) in [5.41, 5.74) is 0.0373. The van der Waals surface area contributed by atoms with Gasteiger partial charge in [-0.3, -0.25) is 14.4 Å². The van der Waals surface area contributed by atoms with Crippen LogP contribution < -0.4 is 9.62 Å². The fraction of sp³-hybridized carbons (Fsp3) is 0.667. The summed E-state index contributed by atoms with van der Waals surface area (Å²) in [5.74, 6) is 0.164. The predicted molar refractivity (Wildman–Crippen MR) is 87.5 cm³/mol. The molecule has 1 saturated carbocycles. The van der Waals surface area contributed by atoms with Gasteiger partial charge in [0.05, 0.1) is 22.9 Å². The third kappa shape index (κ3) is 3.30. The van der Waals surface area contributed by atoms with E-state index >= 15 is 0 Å². The van der Waals surface area contributed by atoms with E-state index in [9.17, 15) is 13.2 Å². The molecule has 1 aromatic rings. The van der Waals surface area contributed by atoms with Crippen molar-refractivity contribution in [2.24, 2.45) is 12.5 Å². The largest absolute Gasteiger partial charge is 0.296 e. The third-order valence-corrected chi connectivity index (χ3v) is 6.15. The minimum atomic E-state index is -3.67. The first-order chi connectivity index (χ1) is 11.3. The molecular weight excluding hydrogens is 330 g/mol. The number of nitrogens with one attached hydrogen (secondary N) is 1. The predicted octanol–water partition coefficient (Wildman–Crippen LogP) is 0.447. The Bertz CT molecular complexity index is 804. The van der Waals surface area contributed by atoms with Gasteiger partial charge in [-0.1, -0.05) is 0 Å². The van der Waals surface area contributed by atoms with Crippen LogP contribution in [-0.2, 0) is 21.9 Å². The van der Waals surface area contributed by atoms with Crippen LogP contribution in [0.1, 0.15) is 31.4 Å². The van der Waals surface area contributed by atoms with Crippen molar-refractivity contribution in [2.75, 3.05) is 17.2 Å². The first kappa shape index (κ1) is 16.9. The Hall–Kier alpha value is -1.92. The molecule has 1 aromatic heterocycles. The molecule has 3 rings (SSSR count). The van der Waals surface area contributed by atoms with Crippen LogP contribution >= 0.6 is 0 Å². The number of anilines is 1. The second kappa shape index (κ2) is 5.86. The van der Waals surface area contributed by atoms with E-state index in [0.29, 0.717) is 38.0 Å². The van der Waals surface area contributed by atoms with Crippen LogP contribution in [0.15, 0.2) is 6.07 Å². The van der Waals surface area contributed by atoms with Crippen molar-refractivity contribution in [1.82, 2.24) is 14.5 Å². The van der Waals surface area contributed by atoms with Gasteiger partial charge < -0.3 is 0 Å². The molecule has 1 amide bonds. The highest BCUT2D eigenvalue weighted by atomic mass is 32.2. The summed E-state index contributed by atoms with van der Waals surface area (Å²) in [6.07, 6.45) is 2.37. The lowest BCUT2D eigenvalue weighted by Crippen LogP contribution is -2.53. The molecule has 2 aliphatic rings. The molecule has 1 saturated heterocycles. The molecule has 0 spiro atoms. The van der Waals surface area contributed by atoms with Crippen molar-refractivity contribution in [2.45, 2.75) is 38.6 Å². The summed E-state index contributed by atoms with van der Waals surface area (Å²) < 4.78 is 28.8. The second-order valence-corrected chi connectivity index (χ2v) is 8.48. The normalized spacial score (nSPS) is 23.1. The van der Waals surface area contributed by atoms with Crippen LogP contribution in [-0.4, -0.2) is 42.4 Å². The van der Waals surface area contributed by atoms with Crippen molar-refractivity contribution in [3.63, 3.8) is 0 Å². The van der Waals surface area contributed by atoms with Crippen molar-refractivity contribution < 1.29 is 13.2 Å². The van der Waals surface area contributed by atoms with Crippen LogP contribution in [0.5, 0.6) is 0 Å². The van der Waals surface area contributed by atoms with Gasteiger partial charge in [0.1, 0.15) is 11.9 Å². The van der Waals surface area contributed by atoms with E-state index in [2.05, 4.69) is 15.9 Å². The van der Waals surface area contributed by atoms with Gasteiger partial charge in [0.15, 0.2) is 0 Å². The number of carbonyl (C=O) groups excluding carboxylic acids is 1.